The van der Waals surface area contributed by atoms with Gasteiger partial charge in [0.2, 0.25) is 0 Å². The summed E-state index contributed by atoms with van der Waals surface area (Å²) in [5.41, 5.74) is 3.29. The molecule has 3 heteroatoms. The molecule has 0 spiro atoms. The summed E-state index contributed by atoms with van der Waals surface area (Å²) in [6.45, 7) is 10.6. The topological polar surface area (TPSA) is 27.1 Å². The van der Waals surface area contributed by atoms with Crippen molar-refractivity contribution in [1.82, 2.24) is 9.78 Å². The van der Waals surface area contributed by atoms with Gasteiger partial charge in [0.05, 0.1) is 6.61 Å². The molecule has 0 unspecified atom stereocenters. The SMILES string of the molecule is C=C(OCC)c1nn(C)c(CC)c1C. The predicted octanol–water partition coefficient (Wildman–Crippen LogP) is 2.30. The molecule has 1 aromatic rings. The molecule has 0 atom stereocenters. The lowest BCUT2D eigenvalue weighted by atomic mass is 10.1. The van der Waals surface area contributed by atoms with Crippen LogP contribution in [-0.2, 0) is 18.2 Å². The maximum absolute atomic E-state index is 5.35. The average Bonchev–Trinajstić information content (AvgIpc) is 2.42. The van der Waals surface area contributed by atoms with Crippen molar-refractivity contribution in [2.24, 2.45) is 7.05 Å². The van der Waals surface area contributed by atoms with Crippen molar-refractivity contribution in [2.45, 2.75) is 27.2 Å². The van der Waals surface area contributed by atoms with Crippen LogP contribution in [0.2, 0.25) is 0 Å². The van der Waals surface area contributed by atoms with E-state index in [1.54, 1.807) is 0 Å². The predicted molar refractivity (Wildman–Crippen MR) is 58.0 cm³/mol. The number of hydrogen-bond donors (Lipinski definition) is 0. The van der Waals surface area contributed by atoms with Crippen molar-refractivity contribution in [3.05, 3.63) is 23.5 Å². The summed E-state index contributed by atoms with van der Waals surface area (Å²) in [7, 11) is 1.95. The van der Waals surface area contributed by atoms with Crippen molar-refractivity contribution in [2.75, 3.05) is 6.61 Å². The zero-order valence-electron chi connectivity index (χ0n) is 9.42. The van der Waals surface area contributed by atoms with Gasteiger partial charge in [-0.25, -0.2) is 0 Å². The van der Waals surface area contributed by atoms with Crippen LogP contribution in [0.5, 0.6) is 0 Å². The maximum Gasteiger partial charge on any atom is 0.139 e. The lowest BCUT2D eigenvalue weighted by molar-refractivity contribution is 0.297. The Kier molecular flexibility index (Phi) is 3.33. The molecule has 0 aliphatic carbocycles. The summed E-state index contributed by atoms with van der Waals surface area (Å²) in [6.07, 6.45) is 0.981. The Morgan fingerprint density at radius 1 is 1.50 bits per heavy atom. The first-order valence-corrected chi connectivity index (χ1v) is 4.96. The third-order valence-electron chi connectivity index (χ3n) is 2.35. The van der Waals surface area contributed by atoms with Crippen LogP contribution in [0.4, 0.5) is 0 Å². The quantitative estimate of drug-likeness (QED) is 0.688. The Hall–Kier alpha value is -1.25. The molecule has 14 heavy (non-hydrogen) atoms. The number of hydrogen-bond acceptors (Lipinski definition) is 2. The summed E-state index contributed by atoms with van der Waals surface area (Å²) in [5.74, 6) is 0.667. The number of rotatable bonds is 4. The Labute approximate surface area is 85.4 Å². The Balaban J connectivity index is 3.04. The van der Waals surface area contributed by atoms with Crippen LogP contribution >= 0.6 is 0 Å². The molecular formula is C11H18N2O. The van der Waals surface area contributed by atoms with E-state index in [-0.39, 0.29) is 0 Å². The van der Waals surface area contributed by atoms with Crippen LogP contribution in [0.3, 0.4) is 0 Å². The zero-order valence-corrected chi connectivity index (χ0v) is 9.42. The van der Waals surface area contributed by atoms with Crippen molar-refractivity contribution in [1.29, 1.82) is 0 Å². The fourth-order valence-corrected chi connectivity index (χ4v) is 1.67. The van der Waals surface area contributed by atoms with E-state index in [1.165, 1.54) is 11.3 Å². The van der Waals surface area contributed by atoms with Crippen LogP contribution in [0.15, 0.2) is 6.58 Å². The van der Waals surface area contributed by atoms with Gasteiger partial charge in [0.25, 0.3) is 0 Å². The first-order valence-electron chi connectivity index (χ1n) is 4.96. The van der Waals surface area contributed by atoms with Gasteiger partial charge in [-0.05, 0) is 20.3 Å². The van der Waals surface area contributed by atoms with Gasteiger partial charge in [0.15, 0.2) is 0 Å². The van der Waals surface area contributed by atoms with E-state index in [0.717, 1.165) is 12.1 Å². The smallest absolute Gasteiger partial charge is 0.139 e. The Morgan fingerprint density at radius 3 is 2.57 bits per heavy atom. The molecule has 0 saturated heterocycles. The van der Waals surface area contributed by atoms with Crippen LogP contribution in [-0.4, -0.2) is 16.4 Å². The average molecular weight is 194 g/mol. The minimum atomic E-state index is 0.635. The van der Waals surface area contributed by atoms with Crippen LogP contribution in [0.1, 0.15) is 30.8 Å². The normalized spacial score (nSPS) is 10.3. The highest BCUT2D eigenvalue weighted by atomic mass is 16.5. The highest BCUT2D eigenvalue weighted by molar-refractivity contribution is 5.57. The third-order valence-corrected chi connectivity index (χ3v) is 2.35. The minimum absolute atomic E-state index is 0.635. The molecule has 1 heterocycles. The molecule has 0 aliphatic rings. The highest BCUT2D eigenvalue weighted by Gasteiger charge is 2.13. The summed E-state index contributed by atoms with van der Waals surface area (Å²) in [5, 5.41) is 4.39. The molecule has 0 fully saturated rings. The monoisotopic (exact) mass is 194 g/mol. The van der Waals surface area contributed by atoms with Gasteiger partial charge >= 0.3 is 0 Å². The molecule has 0 saturated carbocycles. The van der Waals surface area contributed by atoms with Gasteiger partial charge < -0.3 is 4.74 Å². The zero-order chi connectivity index (χ0) is 10.7. The van der Waals surface area contributed by atoms with Gasteiger partial charge in [-0.1, -0.05) is 13.5 Å². The van der Waals surface area contributed by atoms with E-state index >= 15 is 0 Å². The molecule has 0 amide bonds. The molecule has 1 rings (SSSR count). The van der Waals surface area contributed by atoms with Crippen molar-refractivity contribution in [3.8, 4) is 0 Å². The molecule has 0 aliphatic heterocycles. The molecule has 0 radical (unpaired) electrons. The van der Waals surface area contributed by atoms with Gasteiger partial charge in [0.1, 0.15) is 11.5 Å². The lowest BCUT2D eigenvalue weighted by Gasteiger charge is -2.03. The van der Waals surface area contributed by atoms with Crippen molar-refractivity contribution >= 4 is 5.76 Å². The summed E-state index contributed by atoms with van der Waals surface area (Å²) in [6, 6.07) is 0. The molecule has 0 bridgehead atoms. The molecule has 0 N–H and O–H groups in total. The number of nitrogens with zero attached hydrogens (tertiary/aromatic N) is 2. The van der Waals surface area contributed by atoms with Crippen molar-refractivity contribution in [3.63, 3.8) is 0 Å². The second-order valence-electron chi connectivity index (χ2n) is 3.25. The van der Waals surface area contributed by atoms with Crippen LogP contribution in [0, 0.1) is 6.92 Å². The molecule has 78 valence electrons. The van der Waals surface area contributed by atoms with E-state index in [4.69, 9.17) is 4.74 Å². The van der Waals surface area contributed by atoms with E-state index < -0.39 is 0 Å². The number of aryl methyl sites for hydroxylation is 1. The lowest BCUT2D eigenvalue weighted by Crippen LogP contribution is -1.97. The molecule has 1 aromatic heterocycles. The highest BCUT2D eigenvalue weighted by Crippen LogP contribution is 2.20. The maximum atomic E-state index is 5.35. The fourth-order valence-electron chi connectivity index (χ4n) is 1.67. The first kappa shape index (κ1) is 10.8. The van der Waals surface area contributed by atoms with Crippen LogP contribution < -0.4 is 0 Å². The van der Waals surface area contributed by atoms with Gasteiger partial charge in [0, 0.05) is 18.3 Å². The van der Waals surface area contributed by atoms with E-state index in [2.05, 4.69) is 25.5 Å². The number of aromatic nitrogens is 2. The van der Waals surface area contributed by atoms with Crippen LogP contribution in [0.25, 0.3) is 5.76 Å². The van der Waals surface area contributed by atoms with E-state index in [1.807, 2.05) is 18.7 Å². The first-order chi connectivity index (χ1) is 6.61. The second kappa shape index (κ2) is 4.31. The fraction of sp³-hybridized carbons (Fsp3) is 0.545. The third kappa shape index (κ3) is 1.81. The van der Waals surface area contributed by atoms with Gasteiger partial charge in [-0.3, -0.25) is 4.68 Å². The van der Waals surface area contributed by atoms with E-state index in [0.29, 0.717) is 12.4 Å². The Bertz CT molecular complexity index is 339. The molecule has 3 nitrogen and oxygen atoms in total. The minimum Gasteiger partial charge on any atom is -0.492 e. The van der Waals surface area contributed by atoms with E-state index in [9.17, 15) is 0 Å². The summed E-state index contributed by atoms with van der Waals surface area (Å²) < 4.78 is 7.25. The van der Waals surface area contributed by atoms with Gasteiger partial charge in [-0.2, -0.15) is 5.10 Å². The number of ether oxygens (including phenoxy) is 1. The summed E-state index contributed by atoms with van der Waals surface area (Å²) in [4.78, 5) is 0. The largest absolute Gasteiger partial charge is 0.492 e. The molecular weight excluding hydrogens is 176 g/mol. The molecule has 0 aromatic carbocycles. The summed E-state index contributed by atoms with van der Waals surface area (Å²) >= 11 is 0. The van der Waals surface area contributed by atoms with Crippen molar-refractivity contribution < 1.29 is 4.74 Å². The Morgan fingerprint density at radius 2 is 2.14 bits per heavy atom. The second-order valence-corrected chi connectivity index (χ2v) is 3.25. The van der Waals surface area contributed by atoms with Gasteiger partial charge in [-0.15, -0.1) is 0 Å². The standard InChI is InChI=1S/C11H18N2O/c1-6-10-8(3)11(12-13(10)5)9(4)14-7-2/h4,6-7H2,1-3,5H3.